The molecule has 0 aliphatic carbocycles. The van der Waals surface area contributed by atoms with Crippen molar-refractivity contribution in [1.29, 1.82) is 0 Å². The van der Waals surface area contributed by atoms with Crippen molar-refractivity contribution in [3.8, 4) is 0 Å². The van der Waals surface area contributed by atoms with Crippen molar-refractivity contribution in [3.05, 3.63) is 34.3 Å². The molecular weight excluding hydrogens is 310 g/mol. The highest BCUT2D eigenvalue weighted by Crippen LogP contribution is 2.23. The van der Waals surface area contributed by atoms with Gasteiger partial charge in [0.25, 0.3) is 5.91 Å². The highest BCUT2D eigenvalue weighted by molar-refractivity contribution is 9.10. The highest BCUT2D eigenvalue weighted by Gasteiger charge is 2.33. The van der Waals surface area contributed by atoms with Gasteiger partial charge in [-0.3, -0.25) is 9.59 Å². The third kappa shape index (κ3) is 3.27. The number of hydrogen-bond donors (Lipinski definition) is 2. The number of benzene rings is 1. The molecule has 0 saturated heterocycles. The number of carbonyl (C=O) groups is 2. The van der Waals surface area contributed by atoms with Crippen molar-refractivity contribution in [3.63, 3.8) is 0 Å². The fraction of sp³-hybridized carbons (Fsp3) is 0.308. The maximum absolute atomic E-state index is 12.0. The predicted octanol–water partition coefficient (Wildman–Crippen LogP) is 1.33. The second kappa shape index (κ2) is 6.08. The van der Waals surface area contributed by atoms with Crippen LogP contribution in [0.1, 0.15) is 24.3 Å². The van der Waals surface area contributed by atoms with Crippen LogP contribution in [0.5, 0.6) is 0 Å². The van der Waals surface area contributed by atoms with Gasteiger partial charge in [0.15, 0.2) is 0 Å². The van der Waals surface area contributed by atoms with Crippen molar-refractivity contribution in [1.82, 2.24) is 5.32 Å². The normalized spacial score (nSPS) is 19.1. The van der Waals surface area contributed by atoms with Crippen LogP contribution in [0.3, 0.4) is 0 Å². The van der Waals surface area contributed by atoms with Gasteiger partial charge in [-0.25, -0.2) is 0 Å². The minimum absolute atomic E-state index is 0.329. The van der Waals surface area contributed by atoms with Crippen molar-refractivity contribution in [2.75, 3.05) is 6.54 Å². The molecule has 0 fully saturated rings. The molecule has 19 heavy (non-hydrogen) atoms. The lowest BCUT2D eigenvalue weighted by Gasteiger charge is -2.20. The lowest BCUT2D eigenvalue weighted by atomic mass is 9.96. The molecule has 0 bridgehead atoms. The number of halogens is 1. The van der Waals surface area contributed by atoms with E-state index >= 15 is 0 Å². The maximum Gasteiger partial charge on any atom is 0.264 e. The third-order valence-corrected chi connectivity index (χ3v) is 3.31. The van der Waals surface area contributed by atoms with Crippen molar-refractivity contribution < 1.29 is 9.59 Å². The molecule has 1 aromatic carbocycles. The van der Waals surface area contributed by atoms with Gasteiger partial charge in [-0.2, -0.15) is 4.99 Å². The van der Waals surface area contributed by atoms with Crippen molar-refractivity contribution >= 4 is 33.6 Å². The van der Waals surface area contributed by atoms with Gasteiger partial charge in [0.1, 0.15) is 11.8 Å². The first-order valence-corrected chi connectivity index (χ1v) is 6.79. The van der Waals surface area contributed by atoms with Gasteiger partial charge in [0.2, 0.25) is 5.91 Å². The molecule has 1 aliphatic heterocycles. The SMILES string of the molecule is NCCCC1=NC(=O)C(c2cccc(Br)c2)C(=O)N1. The van der Waals surface area contributed by atoms with Gasteiger partial charge in [-0.15, -0.1) is 0 Å². The van der Waals surface area contributed by atoms with Gasteiger partial charge in [-0.1, -0.05) is 28.1 Å². The zero-order valence-corrected chi connectivity index (χ0v) is 11.8. The van der Waals surface area contributed by atoms with Crippen molar-refractivity contribution in [2.45, 2.75) is 18.8 Å². The minimum atomic E-state index is -0.862. The number of amides is 2. The fourth-order valence-electron chi connectivity index (χ4n) is 1.92. The Morgan fingerprint density at radius 2 is 2.16 bits per heavy atom. The Morgan fingerprint density at radius 1 is 1.37 bits per heavy atom. The topological polar surface area (TPSA) is 84.5 Å². The number of nitrogens with one attached hydrogen (secondary N) is 1. The lowest BCUT2D eigenvalue weighted by molar-refractivity contribution is -0.129. The summed E-state index contributed by atoms with van der Waals surface area (Å²) in [5.74, 6) is -1.20. The molecule has 0 aromatic heterocycles. The molecule has 6 heteroatoms. The van der Waals surface area contributed by atoms with E-state index in [0.717, 1.165) is 4.47 Å². The number of hydrogen-bond acceptors (Lipinski definition) is 3. The summed E-state index contributed by atoms with van der Waals surface area (Å²) < 4.78 is 0.823. The van der Waals surface area contributed by atoms with E-state index < -0.39 is 11.8 Å². The number of amidine groups is 1. The first kappa shape index (κ1) is 13.9. The second-order valence-corrected chi connectivity index (χ2v) is 5.18. The molecule has 3 N–H and O–H groups in total. The van der Waals surface area contributed by atoms with E-state index in [4.69, 9.17) is 5.73 Å². The molecule has 0 saturated carbocycles. The molecule has 1 atom stereocenters. The first-order valence-electron chi connectivity index (χ1n) is 5.99. The molecule has 100 valence electrons. The quantitative estimate of drug-likeness (QED) is 0.820. The van der Waals surface area contributed by atoms with Gasteiger partial charge >= 0.3 is 0 Å². The van der Waals surface area contributed by atoms with Gasteiger partial charge in [0, 0.05) is 10.9 Å². The first-order chi connectivity index (χ1) is 9.11. The summed E-state index contributed by atoms with van der Waals surface area (Å²) in [6.07, 6.45) is 1.20. The molecule has 1 unspecified atom stereocenters. The Kier molecular flexibility index (Phi) is 4.44. The largest absolute Gasteiger partial charge is 0.330 e. The molecule has 2 rings (SSSR count). The second-order valence-electron chi connectivity index (χ2n) is 4.27. The van der Waals surface area contributed by atoms with Crippen LogP contribution in [0.4, 0.5) is 0 Å². The average Bonchev–Trinajstić information content (AvgIpc) is 2.35. The summed E-state index contributed by atoms with van der Waals surface area (Å²) in [4.78, 5) is 28.0. The van der Waals surface area contributed by atoms with Gasteiger partial charge < -0.3 is 11.1 Å². The molecule has 2 amide bonds. The Labute approximate surface area is 119 Å². The number of nitrogens with zero attached hydrogens (tertiary/aromatic N) is 1. The molecule has 1 aliphatic rings. The van der Waals surface area contributed by atoms with Crippen molar-refractivity contribution in [2.24, 2.45) is 10.7 Å². The molecule has 1 aromatic rings. The van der Waals surface area contributed by atoms with E-state index in [-0.39, 0.29) is 5.91 Å². The molecule has 5 nitrogen and oxygen atoms in total. The van der Waals surface area contributed by atoms with Crippen LogP contribution >= 0.6 is 15.9 Å². The monoisotopic (exact) mass is 323 g/mol. The van der Waals surface area contributed by atoms with E-state index in [0.29, 0.717) is 30.8 Å². The summed E-state index contributed by atoms with van der Waals surface area (Å²) in [6, 6.07) is 7.12. The Hall–Kier alpha value is -1.53. The number of rotatable bonds is 4. The lowest BCUT2D eigenvalue weighted by Crippen LogP contribution is -2.42. The zero-order chi connectivity index (χ0) is 13.8. The molecule has 1 heterocycles. The van der Waals surface area contributed by atoms with Gasteiger partial charge in [-0.05, 0) is 30.7 Å². The van der Waals surface area contributed by atoms with E-state index in [1.165, 1.54) is 0 Å². The van der Waals surface area contributed by atoms with Crippen LogP contribution in [0.15, 0.2) is 33.7 Å². The molecule has 0 spiro atoms. The maximum atomic E-state index is 12.0. The summed E-state index contributed by atoms with van der Waals surface area (Å²) in [5, 5.41) is 2.67. The summed E-state index contributed by atoms with van der Waals surface area (Å²) in [7, 11) is 0. The summed E-state index contributed by atoms with van der Waals surface area (Å²) >= 11 is 3.32. The van der Waals surface area contributed by atoms with Crippen LogP contribution in [-0.2, 0) is 9.59 Å². The number of carbonyl (C=O) groups excluding carboxylic acids is 2. The van der Waals surface area contributed by atoms with Crippen LogP contribution in [-0.4, -0.2) is 24.2 Å². The fourth-order valence-corrected chi connectivity index (χ4v) is 2.34. The van der Waals surface area contributed by atoms with E-state index in [9.17, 15) is 9.59 Å². The highest BCUT2D eigenvalue weighted by atomic mass is 79.9. The number of aliphatic imine (C=N–C) groups is 1. The molecule has 0 radical (unpaired) electrons. The van der Waals surface area contributed by atoms with Crippen LogP contribution in [0, 0.1) is 0 Å². The number of nitrogens with two attached hydrogens (primary N) is 1. The molecular formula is C13H14BrN3O2. The Balaban J connectivity index is 2.22. The zero-order valence-electron chi connectivity index (χ0n) is 10.2. The minimum Gasteiger partial charge on any atom is -0.330 e. The third-order valence-electron chi connectivity index (χ3n) is 2.82. The average molecular weight is 324 g/mol. The summed E-state index contributed by atoms with van der Waals surface area (Å²) in [5.41, 5.74) is 6.03. The van der Waals surface area contributed by atoms with Crippen LogP contribution < -0.4 is 11.1 Å². The smallest absolute Gasteiger partial charge is 0.264 e. The van der Waals surface area contributed by atoms with E-state index in [1.807, 2.05) is 6.07 Å². The van der Waals surface area contributed by atoms with Crippen LogP contribution in [0.2, 0.25) is 0 Å². The standard InChI is InChI=1S/C13H14BrN3O2/c14-9-4-1-3-8(7-9)11-12(18)16-10(5-2-6-15)17-13(11)19/h1,3-4,7,11H,2,5-6,15H2,(H,16,17,18,19). The van der Waals surface area contributed by atoms with E-state index in [1.54, 1.807) is 18.2 Å². The Morgan fingerprint density at radius 3 is 2.79 bits per heavy atom. The predicted molar refractivity (Wildman–Crippen MR) is 75.8 cm³/mol. The summed E-state index contributed by atoms with van der Waals surface area (Å²) in [6.45, 7) is 0.498. The van der Waals surface area contributed by atoms with Crippen LogP contribution in [0.25, 0.3) is 0 Å². The van der Waals surface area contributed by atoms with E-state index in [2.05, 4.69) is 26.2 Å². The van der Waals surface area contributed by atoms with Gasteiger partial charge in [0.05, 0.1) is 0 Å². The Bertz CT molecular complexity index is 542.